The third-order valence-corrected chi connectivity index (χ3v) is 1.35. The van der Waals surface area contributed by atoms with E-state index in [1.165, 1.54) is 0 Å². The van der Waals surface area contributed by atoms with E-state index in [4.69, 9.17) is 5.26 Å². The van der Waals surface area contributed by atoms with E-state index < -0.39 is 0 Å². The highest BCUT2D eigenvalue weighted by atomic mass is 15.1. The van der Waals surface area contributed by atoms with Gasteiger partial charge in [-0.3, -0.25) is 0 Å². The van der Waals surface area contributed by atoms with Crippen LogP contribution in [0.25, 0.3) is 0 Å². The molecule has 4 heteroatoms. The first-order valence-corrected chi connectivity index (χ1v) is 3.77. The lowest BCUT2D eigenvalue weighted by Gasteiger charge is -1.98. The Labute approximate surface area is 71.2 Å². The van der Waals surface area contributed by atoms with Gasteiger partial charge < -0.3 is 5.32 Å². The van der Waals surface area contributed by atoms with E-state index in [2.05, 4.69) is 21.6 Å². The maximum Gasteiger partial charge on any atom is 0.0768 e. The molecule has 0 atom stereocenters. The Bertz CT molecular complexity index is 252. The van der Waals surface area contributed by atoms with Gasteiger partial charge in [0.2, 0.25) is 0 Å². The second-order valence-corrected chi connectivity index (χ2v) is 2.30. The Hall–Kier alpha value is -1.47. The van der Waals surface area contributed by atoms with Crippen LogP contribution in [0.5, 0.6) is 0 Å². The van der Waals surface area contributed by atoms with Gasteiger partial charge in [0.25, 0.3) is 0 Å². The van der Waals surface area contributed by atoms with Crippen LogP contribution >= 0.6 is 0 Å². The summed E-state index contributed by atoms with van der Waals surface area (Å²) in [5.41, 5.74) is 0.899. The van der Waals surface area contributed by atoms with Crippen LogP contribution in [0.4, 0.5) is 0 Å². The molecule has 1 N–H and O–H groups in total. The largest absolute Gasteiger partial charge is 0.310 e. The summed E-state index contributed by atoms with van der Waals surface area (Å²) in [6, 6.07) is 5.79. The standard InChI is InChI=1S/C8H10N4/c9-4-2-5-10-7-8-3-1-6-11-12-8/h1,3,6,10H,2,5,7H2. The molecular weight excluding hydrogens is 152 g/mol. The van der Waals surface area contributed by atoms with Crippen molar-refractivity contribution in [1.82, 2.24) is 15.5 Å². The Morgan fingerprint density at radius 1 is 1.58 bits per heavy atom. The van der Waals surface area contributed by atoms with Crippen molar-refractivity contribution in [2.24, 2.45) is 0 Å². The molecule has 12 heavy (non-hydrogen) atoms. The number of hydrogen-bond donors (Lipinski definition) is 1. The lowest BCUT2D eigenvalue weighted by atomic mass is 10.4. The lowest BCUT2D eigenvalue weighted by Crippen LogP contribution is -2.15. The van der Waals surface area contributed by atoms with Crippen LogP contribution in [-0.2, 0) is 6.54 Å². The summed E-state index contributed by atoms with van der Waals surface area (Å²) in [7, 11) is 0. The maximum absolute atomic E-state index is 8.25. The molecule has 0 saturated heterocycles. The van der Waals surface area contributed by atoms with Gasteiger partial charge in [0.1, 0.15) is 0 Å². The molecule has 0 spiro atoms. The smallest absolute Gasteiger partial charge is 0.0768 e. The first-order valence-electron chi connectivity index (χ1n) is 3.77. The van der Waals surface area contributed by atoms with Crippen molar-refractivity contribution in [3.05, 3.63) is 24.0 Å². The first-order chi connectivity index (χ1) is 5.93. The van der Waals surface area contributed by atoms with Crippen LogP contribution in [-0.4, -0.2) is 16.7 Å². The molecule has 0 bridgehead atoms. The highest BCUT2D eigenvalue weighted by Crippen LogP contribution is 1.88. The molecule has 0 aliphatic carbocycles. The fraction of sp³-hybridized carbons (Fsp3) is 0.375. The minimum Gasteiger partial charge on any atom is -0.310 e. The molecule has 0 aliphatic rings. The predicted molar refractivity (Wildman–Crippen MR) is 44.0 cm³/mol. The van der Waals surface area contributed by atoms with Crippen molar-refractivity contribution < 1.29 is 0 Å². The average molecular weight is 162 g/mol. The highest BCUT2D eigenvalue weighted by molar-refractivity contribution is 4.98. The van der Waals surface area contributed by atoms with Crippen LogP contribution in [0, 0.1) is 11.3 Å². The fourth-order valence-electron chi connectivity index (χ4n) is 0.788. The maximum atomic E-state index is 8.25. The van der Waals surface area contributed by atoms with Gasteiger partial charge in [0.15, 0.2) is 0 Å². The molecule has 0 radical (unpaired) electrons. The quantitative estimate of drug-likeness (QED) is 0.654. The molecule has 1 rings (SSSR count). The summed E-state index contributed by atoms with van der Waals surface area (Å²) in [5, 5.41) is 18.9. The second kappa shape index (κ2) is 5.22. The van der Waals surface area contributed by atoms with E-state index >= 15 is 0 Å². The highest BCUT2D eigenvalue weighted by Gasteiger charge is 1.91. The molecule has 0 unspecified atom stereocenters. The lowest BCUT2D eigenvalue weighted by molar-refractivity contribution is 0.676. The molecule has 0 aliphatic heterocycles. The van der Waals surface area contributed by atoms with Gasteiger partial charge in [-0.15, -0.1) is 0 Å². The summed E-state index contributed by atoms with van der Waals surface area (Å²) in [6.45, 7) is 1.38. The Morgan fingerprint density at radius 2 is 2.50 bits per heavy atom. The van der Waals surface area contributed by atoms with E-state index in [9.17, 15) is 0 Å². The second-order valence-electron chi connectivity index (χ2n) is 2.30. The summed E-state index contributed by atoms with van der Waals surface area (Å²) < 4.78 is 0. The van der Waals surface area contributed by atoms with Gasteiger partial charge >= 0.3 is 0 Å². The third-order valence-electron chi connectivity index (χ3n) is 1.35. The molecule has 0 aromatic carbocycles. The van der Waals surface area contributed by atoms with Gasteiger partial charge in [-0.2, -0.15) is 15.5 Å². The van der Waals surface area contributed by atoms with Crippen LogP contribution in [0.2, 0.25) is 0 Å². The molecular formula is C8H10N4. The number of aromatic nitrogens is 2. The van der Waals surface area contributed by atoms with E-state index in [1.807, 2.05) is 12.1 Å². The fourth-order valence-corrected chi connectivity index (χ4v) is 0.788. The van der Waals surface area contributed by atoms with Crippen molar-refractivity contribution in [1.29, 1.82) is 5.26 Å². The molecule has 1 heterocycles. The van der Waals surface area contributed by atoms with Crippen LogP contribution in [0.3, 0.4) is 0 Å². The molecule has 0 fully saturated rings. The van der Waals surface area contributed by atoms with Crippen molar-refractivity contribution in [2.45, 2.75) is 13.0 Å². The zero-order valence-electron chi connectivity index (χ0n) is 6.70. The predicted octanol–water partition coefficient (Wildman–Crippen LogP) is 0.480. The molecule has 4 nitrogen and oxygen atoms in total. The zero-order chi connectivity index (χ0) is 8.65. The van der Waals surface area contributed by atoms with Crippen LogP contribution < -0.4 is 5.32 Å². The summed E-state index contributed by atoms with van der Waals surface area (Å²) in [5.74, 6) is 0. The van der Waals surface area contributed by atoms with E-state index in [0.29, 0.717) is 19.5 Å². The summed E-state index contributed by atoms with van der Waals surface area (Å²) >= 11 is 0. The van der Waals surface area contributed by atoms with E-state index in [0.717, 1.165) is 5.69 Å². The SMILES string of the molecule is N#CCCNCc1cccnn1. The third kappa shape index (κ3) is 3.08. The van der Waals surface area contributed by atoms with Crippen molar-refractivity contribution >= 4 is 0 Å². The van der Waals surface area contributed by atoms with E-state index in [1.54, 1.807) is 6.20 Å². The minimum atomic E-state index is 0.528. The van der Waals surface area contributed by atoms with E-state index in [-0.39, 0.29) is 0 Å². The average Bonchev–Trinajstić information content (AvgIpc) is 2.14. The number of hydrogen-bond acceptors (Lipinski definition) is 4. The number of nitriles is 1. The minimum absolute atomic E-state index is 0.528. The topological polar surface area (TPSA) is 61.6 Å². The number of nitrogens with zero attached hydrogens (tertiary/aromatic N) is 3. The number of nitrogens with one attached hydrogen (secondary N) is 1. The van der Waals surface area contributed by atoms with Gasteiger partial charge in [-0.1, -0.05) is 0 Å². The van der Waals surface area contributed by atoms with Crippen molar-refractivity contribution in [2.75, 3.05) is 6.54 Å². The van der Waals surface area contributed by atoms with Crippen molar-refractivity contribution in [3.8, 4) is 6.07 Å². The van der Waals surface area contributed by atoms with Gasteiger partial charge in [-0.25, -0.2) is 0 Å². The zero-order valence-corrected chi connectivity index (χ0v) is 6.70. The Morgan fingerprint density at radius 3 is 3.17 bits per heavy atom. The van der Waals surface area contributed by atoms with Gasteiger partial charge in [-0.05, 0) is 12.1 Å². The molecule has 0 saturated carbocycles. The Kier molecular flexibility index (Phi) is 3.75. The molecule has 62 valence electrons. The molecule has 0 amide bonds. The molecule has 1 aromatic rings. The summed E-state index contributed by atoms with van der Waals surface area (Å²) in [6.07, 6.45) is 2.17. The normalized spacial score (nSPS) is 9.25. The van der Waals surface area contributed by atoms with Gasteiger partial charge in [0.05, 0.1) is 11.8 Å². The number of rotatable bonds is 4. The van der Waals surface area contributed by atoms with Crippen LogP contribution in [0.1, 0.15) is 12.1 Å². The van der Waals surface area contributed by atoms with Crippen molar-refractivity contribution in [3.63, 3.8) is 0 Å². The molecule has 1 aromatic heterocycles. The first kappa shape index (κ1) is 8.62. The Balaban J connectivity index is 2.21. The van der Waals surface area contributed by atoms with Crippen LogP contribution in [0.15, 0.2) is 18.3 Å². The monoisotopic (exact) mass is 162 g/mol. The summed E-state index contributed by atoms with van der Waals surface area (Å²) in [4.78, 5) is 0. The van der Waals surface area contributed by atoms with Gasteiger partial charge in [0, 0.05) is 25.7 Å².